The van der Waals surface area contributed by atoms with Crippen LogP contribution in [0.15, 0.2) is 24.3 Å². The number of hydrogen-bond acceptors (Lipinski definition) is 2. The van der Waals surface area contributed by atoms with Crippen LogP contribution in [0.3, 0.4) is 0 Å². The molecule has 0 saturated carbocycles. The molecule has 21 heavy (non-hydrogen) atoms. The molecule has 1 aromatic carbocycles. The van der Waals surface area contributed by atoms with E-state index < -0.39 is 0 Å². The normalized spacial score (nSPS) is 19.7. The smallest absolute Gasteiger partial charge is 0.0320 e. The van der Waals surface area contributed by atoms with Crippen LogP contribution in [0.2, 0.25) is 0 Å². The average Bonchev–Trinajstić information content (AvgIpc) is 2.45. The van der Waals surface area contributed by atoms with E-state index in [9.17, 15) is 0 Å². The lowest BCUT2D eigenvalue weighted by Gasteiger charge is -2.41. The lowest BCUT2D eigenvalue weighted by atomic mass is 9.96. The summed E-state index contributed by atoms with van der Waals surface area (Å²) in [6.45, 7) is 13.8. The Hall–Kier alpha value is -0.860. The van der Waals surface area contributed by atoms with E-state index >= 15 is 0 Å². The van der Waals surface area contributed by atoms with Crippen molar-refractivity contribution in [1.29, 1.82) is 0 Å². The maximum absolute atomic E-state index is 3.89. The Kier molecular flexibility index (Phi) is 5.45. The molecule has 1 aliphatic rings. The van der Waals surface area contributed by atoms with Gasteiger partial charge in [-0.25, -0.2) is 0 Å². The van der Waals surface area contributed by atoms with Crippen molar-refractivity contribution in [2.75, 3.05) is 13.1 Å². The van der Waals surface area contributed by atoms with Gasteiger partial charge in [-0.05, 0) is 52.5 Å². The molecule has 0 aliphatic carbocycles. The van der Waals surface area contributed by atoms with Crippen molar-refractivity contribution in [3.8, 4) is 0 Å². The Morgan fingerprint density at radius 3 is 2.19 bits per heavy atom. The van der Waals surface area contributed by atoms with E-state index in [-0.39, 0.29) is 0 Å². The topological polar surface area (TPSA) is 15.3 Å². The van der Waals surface area contributed by atoms with E-state index in [1.807, 2.05) is 0 Å². The minimum Gasteiger partial charge on any atom is -0.307 e. The molecule has 0 amide bonds. The maximum atomic E-state index is 3.89. The van der Waals surface area contributed by atoms with Crippen LogP contribution in [0.4, 0.5) is 0 Å². The van der Waals surface area contributed by atoms with Crippen LogP contribution in [0, 0.1) is 6.92 Å². The summed E-state index contributed by atoms with van der Waals surface area (Å²) < 4.78 is 0. The summed E-state index contributed by atoms with van der Waals surface area (Å²) in [6.07, 6.45) is 3.68. The Labute approximate surface area is 130 Å². The number of likely N-dealkylation sites (tertiary alicyclic amines) is 1. The van der Waals surface area contributed by atoms with E-state index in [1.54, 1.807) is 0 Å². The fourth-order valence-corrected chi connectivity index (χ4v) is 3.25. The fraction of sp³-hybridized carbons (Fsp3) is 0.684. The van der Waals surface area contributed by atoms with Crippen LogP contribution in [0.1, 0.15) is 64.1 Å². The molecular formula is C19H32N2. The summed E-state index contributed by atoms with van der Waals surface area (Å²) in [5.74, 6) is 0. The predicted octanol–water partition coefficient (Wildman–Crippen LogP) is 4.30. The first-order valence-corrected chi connectivity index (χ1v) is 8.48. The molecule has 1 aliphatic heterocycles. The first-order chi connectivity index (χ1) is 9.90. The van der Waals surface area contributed by atoms with Crippen LogP contribution < -0.4 is 5.32 Å². The largest absolute Gasteiger partial charge is 0.307 e. The number of nitrogens with one attached hydrogen (secondary N) is 1. The number of hydrogen-bond donors (Lipinski definition) is 1. The minimum atomic E-state index is 0.312. The van der Waals surface area contributed by atoms with Crippen molar-refractivity contribution in [2.24, 2.45) is 0 Å². The highest BCUT2D eigenvalue weighted by Gasteiger charge is 2.27. The number of piperidine rings is 1. The number of benzene rings is 1. The zero-order chi connectivity index (χ0) is 15.5. The van der Waals surface area contributed by atoms with Gasteiger partial charge in [0.25, 0.3) is 0 Å². The Morgan fingerprint density at radius 1 is 1.14 bits per heavy atom. The molecule has 1 saturated heterocycles. The minimum absolute atomic E-state index is 0.312. The second-order valence-electron chi connectivity index (χ2n) is 7.47. The Balaban J connectivity index is 1.90. The molecule has 0 bridgehead atoms. The summed E-state index contributed by atoms with van der Waals surface area (Å²) in [6, 6.07) is 10.2. The average molecular weight is 288 g/mol. The number of nitrogens with zero attached hydrogens (tertiary/aromatic N) is 1. The number of aryl methyl sites for hydroxylation is 1. The SMILES string of the molecule is CCC(NC1CCN(C(C)(C)C)CC1)c1ccc(C)cc1. The third-order valence-corrected chi connectivity index (χ3v) is 4.77. The van der Waals surface area contributed by atoms with Crippen LogP contribution in [-0.4, -0.2) is 29.6 Å². The third-order valence-electron chi connectivity index (χ3n) is 4.77. The van der Waals surface area contributed by atoms with Crippen molar-refractivity contribution in [3.63, 3.8) is 0 Å². The van der Waals surface area contributed by atoms with Gasteiger partial charge in [0.05, 0.1) is 0 Å². The third kappa shape index (κ3) is 4.55. The molecule has 0 aromatic heterocycles. The molecule has 0 spiro atoms. The summed E-state index contributed by atoms with van der Waals surface area (Å²) in [5, 5.41) is 3.89. The Bertz CT molecular complexity index is 422. The van der Waals surface area contributed by atoms with E-state index in [2.05, 4.69) is 69.1 Å². The molecule has 1 heterocycles. The van der Waals surface area contributed by atoms with Gasteiger partial charge in [-0.1, -0.05) is 36.8 Å². The van der Waals surface area contributed by atoms with Crippen LogP contribution in [0.25, 0.3) is 0 Å². The van der Waals surface area contributed by atoms with E-state index in [1.165, 1.54) is 37.1 Å². The predicted molar refractivity (Wildman–Crippen MR) is 91.7 cm³/mol. The first kappa shape index (κ1) is 16.5. The van der Waals surface area contributed by atoms with Gasteiger partial charge in [-0.15, -0.1) is 0 Å². The molecule has 2 rings (SSSR count). The molecule has 0 radical (unpaired) electrons. The van der Waals surface area contributed by atoms with Crippen LogP contribution in [0.5, 0.6) is 0 Å². The van der Waals surface area contributed by atoms with Crippen molar-refractivity contribution in [2.45, 2.75) is 71.5 Å². The van der Waals surface area contributed by atoms with Gasteiger partial charge in [0.2, 0.25) is 0 Å². The van der Waals surface area contributed by atoms with Crippen molar-refractivity contribution < 1.29 is 0 Å². The molecule has 2 nitrogen and oxygen atoms in total. The monoisotopic (exact) mass is 288 g/mol. The Morgan fingerprint density at radius 2 is 1.71 bits per heavy atom. The van der Waals surface area contributed by atoms with Gasteiger partial charge >= 0.3 is 0 Å². The highest BCUT2D eigenvalue weighted by molar-refractivity contribution is 5.24. The van der Waals surface area contributed by atoms with Gasteiger partial charge in [-0.2, -0.15) is 0 Å². The fourth-order valence-electron chi connectivity index (χ4n) is 3.25. The van der Waals surface area contributed by atoms with Crippen LogP contribution >= 0.6 is 0 Å². The quantitative estimate of drug-likeness (QED) is 0.888. The standard InChI is InChI=1S/C19H32N2/c1-6-18(16-9-7-15(2)8-10-16)20-17-11-13-21(14-12-17)19(3,4)5/h7-10,17-18,20H,6,11-14H2,1-5H3. The molecule has 118 valence electrons. The summed E-state index contributed by atoms with van der Waals surface area (Å²) >= 11 is 0. The van der Waals surface area contributed by atoms with Crippen molar-refractivity contribution in [3.05, 3.63) is 35.4 Å². The zero-order valence-corrected chi connectivity index (χ0v) is 14.4. The molecule has 1 aromatic rings. The van der Waals surface area contributed by atoms with Crippen LogP contribution in [-0.2, 0) is 0 Å². The van der Waals surface area contributed by atoms with E-state index in [0.717, 1.165) is 6.42 Å². The lowest BCUT2D eigenvalue weighted by molar-refractivity contribution is 0.0935. The molecule has 2 heteroatoms. The molecule has 1 fully saturated rings. The summed E-state index contributed by atoms with van der Waals surface area (Å²) in [4.78, 5) is 2.61. The van der Waals surface area contributed by atoms with Crippen molar-refractivity contribution >= 4 is 0 Å². The lowest BCUT2D eigenvalue weighted by Crippen LogP contribution is -2.50. The van der Waals surface area contributed by atoms with Gasteiger partial charge < -0.3 is 5.32 Å². The van der Waals surface area contributed by atoms with Gasteiger partial charge in [0, 0.05) is 30.7 Å². The molecule has 1 N–H and O–H groups in total. The van der Waals surface area contributed by atoms with Gasteiger partial charge in [-0.3, -0.25) is 4.90 Å². The second-order valence-corrected chi connectivity index (χ2v) is 7.47. The molecule has 1 atom stereocenters. The van der Waals surface area contributed by atoms with E-state index in [0.29, 0.717) is 17.6 Å². The van der Waals surface area contributed by atoms with Crippen molar-refractivity contribution in [1.82, 2.24) is 10.2 Å². The van der Waals surface area contributed by atoms with Gasteiger partial charge in [0.15, 0.2) is 0 Å². The summed E-state index contributed by atoms with van der Waals surface area (Å²) in [5.41, 5.74) is 3.08. The zero-order valence-electron chi connectivity index (χ0n) is 14.4. The molecule has 1 unspecified atom stereocenters. The summed E-state index contributed by atoms with van der Waals surface area (Å²) in [7, 11) is 0. The second kappa shape index (κ2) is 6.93. The highest BCUT2D eigenvalue weighted by Crippen LogP contribution is 2.24. The highest BCUT2D eigenvalue weighted by atomic mass is 15.2. The first-order valence-electron chi connectivity index (χ1n) is 8.48. The molecular weight excluding hydrogens is 256 g/mol. The van der Waals surface area contributed by atoms with E-state index in [4.69, 9.17) is 0 Å². The maximum Gasteiger partial charge on any atom is 0.0320 e. The number of rotatable bonds is 4. The van der Waals surface area contributed by atoms with Gasteiger partial charge in [0.1, 0.15) is 0 Å².